The second-order valence-electron chi connectivity index (χ2n) is 2.22. The Bertz CT molecular complexity index is 349. The van der Waals surface area contributed by atoms with Crippen LogP contribution in [-0.4, -0.2) is 5.02 Å². The molecule has 1 aromatic carbocycles. The first-order valence-corrected chi connectivity index (χ1v) is 4.00. The highest BCUT2D eigenvalue weighted by Crippen LogP contribution is 2.30. The molecule has 0 radical (unpaired) electrons. The molecule has 0 aliphatic carbocycles. The lowest BCUT2D eigenvalue weighted by atomic mass is 10.3. The molecule has 0 N–H and O–H groups in total. The van der Waals surface area contributed by atoms with Crippen LogP contribution >= 0.6 is 15.9 Å². The van der Waals surface area contributed by atoms with Crippen LogP contribution < -0.4 is 4.74 Å². The van der Waals surface area contributed by atoms with Gasteiger partial charge in [-0.1, -0.05) is 0 Å². The van der Waals surface area contributed by atoms with Crippen LogP contribution in [0.5, 0.6) is 5.75 Å². The van der Waals surface area contributed by atoms with E-state index < -0.39 is 28.2 Å². The summed E-state index contributed by atoms with van der Waals surface area (Å²) in [4.78, 5) is 0. The Morgan fingerprint density at radius 2 is 1.64 bits per heavy atom. The normalized spacial score (nSPS) is 11.6. The van der Waals surface area contributed by atoms with Gasteiger partial charge in [0.25, 0.3) is 0 Å². The van der Waals surface area contributed by atoms with Crippen LogP contribution in [0.1, 0.15) is 0 Å². The van der Waals surface area contributed by atoms with E-state index in [-0.39, 0.29) is 0 Å². The Balaban J connectivity index is 3.06. The minimum absolute atomic E-state index is 0.479. The van der Waals surface area contributed by atoms with Gasteiger partial charge >= 0.3 is 5.02 Å². The van der Waals surface area contributed by atoms with Gasteiger partial charge in [-0.25, -0.2) is 8.78 Å². The van der Waals surface area contributed by atoms with E-state index in [1.807, 2.05) is 0 Å². The maximum Gasteiger partial charge on any atom is 0.459 e. The molecule has 0 saturated heterocycles. The van der Waals surface area contributed by atoms with Crippen molar-refractivity contribution in [1.29, 1.82) is 0 Å². The van der Waals surface area contributed by atoms with Crippen LogP contribution in [0.2, 0.25) is 0 Å². The average molecular weight is 277 g/mol. The predicted molar refractivity (Wildman–Crippen MR) is 40.8 cm³/mol. The summed E-state index contributed by atoms with van der Waals surface area (Å²) >= 11 is 1.75. The number of hydrogen-bond donors (Lipinski definition) is 0. The van der Waals surface area contributed by atoms with Crippen LogP contribution in [0.3, 0.4) is 0 Å². The summed E-state index contributed by atoms with van der Waals surface area (Å²) in [5, 5.41) is -3.84. The molecule has 0 heterocycles. The van der Waals surface area contributed by atoms with Crippen LogP contribution in [0.25, 0.3) is 0 Å². The van der Waals surface area contributed by atoms with E-state index in [9.17, 15) is 22.0 Å². The fraction of sp³-hybridized carbons (Fsp3) is 0.143. The quantitative estimate of drug-likeness (QED) is 0.457. The molecule has 1 aromatic rings. The molecular formula is C7H2BrF5O. The van der Waals surface area contributed by atoms with Crippen LogP contribution in [0, 0.1) is 17.5 Å². The second-order valence-corrected chi connectivity index (χ2v) is 3.14. The smallest absolute Gasteiger partial charge is 0.421 e. The van der Waals surface area contributed by atoms with Crippen LogP contribution in [-0.2, 0) is 0 Å². The lowest BCUT2D eigenvalue weighted by Gasteiger charge is -2.11. The first-order chi connectivity index (χ1) is 6.31. The van der Waals surface area contributed by atoms with Crippen molar-refractivity contribution in [3.63, 3.8) is 0 Å². The Kier molecular flexibility index (Phi) is 2.98. The largest absolute Gasteiger partial charge is 0.459 e. The fourth-order valence-corrected chi connectivity index (χ4v) is 0.886. The molecule has 0 amide bonds. The van der Waals surface area contributed by atoms with Gasteiger partial charge in [0.05, 0.1) is 0 Å². The molecule has 0 bridgehead atoms. The second kappa shape index (κ2) is 3.72. The van der Waals surface area contributed by atoms with E-state index in [0.717, 1.165) is 0 Å². The van der Waals surface area contributed by atoms with Crippen molar-refractivity contribution < 1.29 is 26.7 Å². The highest BCUT2D eigenvalue weighted by molar-refractivity contribution is 9.09. The Labute approximate surface area is 83.6 Å². The predicted octanol–water partition coefficient (Wildman–Crippen LogP) is 3.43. The van der Waals surface area contributed by atoms with Crippen molar-refractivity contribution in [1.82, 2.24) is 0 Å². The molecule has 7 heteroatoms. The highest BCUT2D eigenvalue weighted by atomic mass is 79.9. The monoisotopic (exact) mass is 276 g/mol. The number of alkyl halides is 3. The molecule has 0 aliphatic rings. The number of rotatable bonds is 2. The number of ether oxygens (including phenoxy) is 1. The van der Waals surface area contributed by atoms with E-state index >= 15 is 0 Å². The number of halogens is 6. The Morgan fingerprint density at radius 3 is 2.14 bits per heavy atom. The summed E-state index contributed by atoms with van der Waals surface area (Å²) in [5.41, 5.74) is 0. The van der Waals surface area contributed by atoms with E-state index in [2.05, 4.69) is 4.74 Å². The van der Waals surface area contributed by atoms with E-state index in [1.165, 1.54) is 0 Å². The lowest BCUT2D eigenvalue weighted by Crippen LogP contribution is -2.16. The van der Waals surface area contributed by atoms with Gasteiger partial charge in [0.15, 0.2) is 17.4 Å². The van der Waals surface area contributed by atoms with Gasteiger partial charge < -0.3 is 4.74 Å². The van der Waals surface area contributed by atoms with Gasteiger partial charge in [0.2, 0.25) is 5.82 Å². The summed E-state index contributed by atoms with van der Waals surface area (Å²) in [5.74, 6) is -6.22. The zero-order valence-electron chi connectivity index (χ0n) is 6.33. The highest BCUT2D eigenvalue weighted by Gasteiger charge is 2.29. The summed E-state index contributed by atoms with van der Waals surface area (Å²) in [6, 6.07) is 1.04. The van der Waals surface area contributed by atoms with Gasteiger partial charge in [-0.3, -0.25) is 0 Å². The minimum Gasteiger partial charge on any atom is -0.421 e. The van der Waals surface area contributed by atoms with Gasteiger partial charge in [-0.15, -0.1) is 0 Å². The molecule has 14 heavy (non-hydrogen) atoms. The zero-order valence-corrected chi connectivity index (χ0v) is 7.92. The topological polar surface area (TPSA) is 9.23 Å². The Hall–Kier alpha value is -0.850. The maximum atomic E-state index is 12.7. The SMILES string of the molecule is Fc1ccc(OC(F)(F)Br)c(F)c1F. The number of hydrogen-bond acceptors (Lipinski definition) is 1. The molecule has 0 unspecified atom stereocenters. The first kappa shape index (κ1) is 11.2. The van der Waals surface area contributed by atoms with Crippen LogP contribution in [0.15, 0.2) is 12.1 Å². The first-order valence-electron chi connectivity index (χ1n) is 3.20. The third kappa shape index (κ3) is 2.57. The van der Waals surface area contributed by atoms with Crippen LogP contribution in [0.4, 0.5) is 22.0 Å². The van der Waals surface area contributed by atoms with E-state index in [0.29, 0.717) is 12.1 Å². The maximum absolute atomic E-state index is 12.7. The van der Waals surface area contributed by atoms with E-state index in [1.54, 1.807) is 15.9 Å². The van der Waals surface area contributed by atoms with Gasteiger partial charge in [-0.2, -0.15) is 13.2 Å². The van der Waals surface area contributed by atoms with Gasteiger partial charge in [0.1, 0.15) is 0 Å². The van der Waals surface area contributed by atoms with Gasteiger partial charge in [-0.05, 0) is 12.1 Å². The van der Waals surface area contributed by atoms with Crippen molar-refractivity contribution in [2.75, 3.05) is 0 Å². The van der Waals surface area contributed by atoms with Crippen molar-refractivity contribution in [2.24, 2.45) is 0 Å². The summed E-state index contributed by atoms with van der Waals surface area (Å²) in [7, 11) is 0. The van der Waals surface area contributed by atoms with Crippen molar-refractivity contribution >= 4 is 15.9 Å². The lowest BCUT2D eigenvalue weighted by molar-refractivity contribution is -0.0827. The fourth-order valence-electron chi connectivity index (χ4n) is 0.712. The molecule has 78 valence electrons. The molecule has 0 fully saturated rings. The minimum atomic E-state index is -3.84. The average Bonchev–Trinajstić information content (AvgIpc) is 2.04. The zero-order chi connectivity index (χ0) is 10.9. The number of benzene rings is 1. The van der Waals surface area contributed by atoms with Crippen molar-refractivity contribution in [2.45, 2.75) is 5.02 Å². The molecule has 0 aliphatic heterocycles. The molecule has 0 spiro atoms. The molecule has 0 saturated carbocycles. The summed E-state index contributed by atoms with van der Waals surface area (Å²) < 4.78 is 65.4. The third-order valence-corrected chi connectivity index (χ3v) is 1.39. The molecular weight excluding hydrogens is 275 g/mol. The summed E-state index contributed by atoms with van der Waals surface area (Å²) in [6.07, 6.45) is 0. The Morgan fingerprint density at radius 1 is 1.07 bits per heavy atom. The molecule has 1 rings (SSSR count). The molecule has 1 nitrogen and oxygen atoms in total. The standard InChI is InChI=1S/C7H2BrF5O/c8-7(12,13)14-4-2-1-3(9)5(10)6(4)11/h1-2H. The molecule has 0 aromatic heterocycles. The van der Waals surface area contributed by atoms with Gasteiger partial charge in [0, 0.05) is 15.9 Å². The third-order valence-electron chi connectivity index (χ3n) is 1.23. The molecule has 0 atom stereocenters. The summed E-state index contributed by atoms with van der Waals surface area (Å²) in [6.45, 7) is 0. The van der Waals surface area contributed by atoms with E-state index in [4.69, 9.17) is 0 Å². The van der Waals surface area contributed by atoms with Crippen molar-refractivity contribution in [3.8, 4) is 5.75 Å². The van der Waals surface area contributed by atoms with Crippen molar-refractivity contribution in [3.05, 3.63) is 29.6 Å².